The zero-order valence-corrected chi connectivity index (χ0v) is 9.41. The lowest BCUT2D eigenvalue weighted by molar-refractivity contribution is 0.318. The van der Waals surface area contributed by atoms with Gasteiger partial charge in [0.2, 0.25) is 11.7 Å². The van der Waals surface area contributed by atoms with Crippen molar-refractivity contribution >= 4 is 5.84 Å². The van der Waals surface area contributed by atoms with E-state index in [4.69, 9.17) is 10.9 Å². The molecule has 2 aromatic rings. The van der Waals surface area contributed by atoms with Crippen LogP contribution >= 0.6 is 0 Å². The molecule has 0 saturated carbocycles. The minimum atomic E-state index is -0.0898. The molecular formula is C11H13N5O. The van der Waals surface area contributed by atoms with Crippen molar-refractivity contribution in [3.05, 3.63) is 47.5 Å². The number of oxime groups is 1. The summed E-state index contributed by atoms with van der Waals surface area (Å²) in [5.74, 6) is 0.133. The Bertz CT molecular complexity index is 546. The Hall–Kier alpha value is -2.37. The summed E-state index contributed by atoms with van der Waals surface area (Å²) < 4.78 is 1.64. The summed E-state index contributed by atoms with van der Waals surface area (Å²) in [6.07, 6.45) is 1.55. The van der Waals surface area contributed by atoms with Gasteiger partial charge < -0.3 is 10.9 Å². The van der Waals surface area contributed by atoms with Gasteiger partial charge >= 0.3 is 0 Å². The van der Waals surface area contributed by atoms with Crippen molar-refractivity contribution in [2.45, 2.75) is 13.5 Å². The van der Waals surface area contributed by atoms with Crippen molar-refractivity contribution in [3.63, 3.8) is 0 Å². The van der Waals surface area contributed by atoms with Gasteiger partial charge in [-0.25, -0.2) is 9.67 Å². The molecule has 0 spiro atoms. The fourth-order valence-electron chi connectivity index (χ4n) is 1.53. The number of aromatic nitrogens is 3. The van der Waals surface area contributed by atoms with Crippen LogP contribution in [0.4, 0.5) is 0 Å². The lowest BCUT2D eigenvalue weighted by atomic mass is 10.1. The topological polar surface area (TPSA) is 89.3 Å². The van der Waals surface area contributed by atoms with E-state index in [9.17, 15) is 0 Å². The van der Waals surface area contributed by atoms with Gasteiger partial charge in [0.15, 0.2) is 0 Å². The second-order valence-electron chi connectivity index (χ2n) is 3.74. The normalized spacial score (nSPS) is 11.7. The van der Waals surface area contributed by atoms with Crippen LogP contribution in [0.2, 0.25) is 0 Å². The first-order chi connectivity index (χ1) is 8.19. The molecule has 0 fully saturated rings. The zero-order valence-electron chi connectivity index (χ0n) is 9.41. The molecule has 1 aromatic carbocycles. The number of nitrogens with zero attached hydrogens (tertiary/aromatic N) is 4. The molecule has 0 unspecified atom stereocenters. The van der Waals surface area contributed by atoms with E-state index in [1.165, 1.54) is 5.56 Å². The Kier molecular flexibility index (Phi) is 3.04. The Balaban J connectivity index is 2.17. The van der Waals surface area contributed by atoms with Gasteiger partial charge in [0.1, 0.15) is 6.33 Å². The molecule has 1 aromatic heterocycles. The van der Waals surface area contributed by atoms with Gasteiger partial charge in [0.05, 0.1) is 6.54 Å². The summed E-state index contributed by atoms with van der Waals surface area (Å²) in [4.78, 5) is 3.94. The van der Waals surface area contributed by atoms with Crippen LogP contribution in [0.5, 0.6) is 0 Å². The second kappa shape index (κ2) is 4.65. The third kappa shape index (κ3) is 2.60. The van der Waals surface area contributed by atoms with Crippen LogP contribution in [-0.2, 0) is 6.54 Å². The van der Waals surface area contributed by atoms with Gasteiger partial charge in [-0.05, 0) is 12.5 Å². The number of nitrogens with two attached hydrogens (primary N) is 1. The second-order valence-corrected chi connectivity index (χ2v) is 3.74. The highest BCUT2D eigenvalue weighted by atomic mass is 16.4. The minimum Gasteiger partial charge on any atom is -0.409 e. The standard InChI is InChI=1S/C11H13N5O/c1-8-3-2-4-9(5-8)6-16-7-13-11(14-16)10(12)15-17/h2-5,7,17H,6H2,1H3,(H2,12,15). The largest absolute Gasteiger partial charge is 0.409 e. The fourth-order valence-corrected chi connectivity index (χ4v) is 1.53. The molecular weight excluding hydrogens is 218 g/mol. The molecule has 2 rings (SSSR count). The van der Waals surface area contributed by atoms with Gasteiger partial charge in [0, 0.05) is 0 Å². The van der Waals surface area contributed by atoms with E-state index in [-0.39, 0.29) is 11.7 Å². The first-order valence-corrected chi connectivity index (χ1v) is 5.12. The SMILES string of the molecule is Cc1cccc(Cn2cnc(/C(N)=N/O)n2)c1. The van der Waals surface area contributed by atoms with Gasteiger partial charge in [-0.15, -0.1) is 5.10 Å². The van der Waals surface area contributed by atoms with Crippen LogP contribution in [0.1, 0.15) is 17.0 Å². The number of amidine groups is 1. The monoisotopic (exact) mass is 231 g/mol. The summed E-state index contributed by atoms with van der Waals surface area (Å²) >= 11 is 0. The van der Waals surface area contributed by atoms with E-state index in [0.29, 0.717) is 6.54 Å². The molecule has 17 heavy (non-hydrogen) atoms. The summed E-state index contributed by atoms with van der Waals surface area (Å²) in [5.41, 5.74) is 7.71. The molecule has 0 amide bonds. The third-order valence-corrected chi connectivity index (χ3v) is 2.30. The maximum atomic E-state index is 8.50. The van der Waals surface area contributed by atoms with E-state index in [2.05, 4.69) is 21.3 Å². The molecule has 3 N–H and O–H groups in total. The molecule has 6 nitrogen and oxygen atoms in total. The number of aryl methyl sites for hydroxylation is 1. The first kappa shape index (κ1) is 11.1. The molecule has 0 saturated heterocycles. The third-order valence-electron chi connectivity index (χ3n) is 2.30. The smallest absolute Gasteiger partial charge is 0.219 e. The van der Waals surface area contributed by atoms with Gasteiger partial charge in [0.25, 0.3) is 0 Å². The van der Waals surface area contributed by atoms with E-state index in [1.807, 2.05) is 25.1 Å². The van der Waals surface area contributed by atoms with Crippen LogP contribution in [-0.4, -0.2) is 25.8 Å². The summed E-state index contributed by atoms with van der Waals surface area (Å²) in [6.45, 7) is 2.64. The number of rotatable bonds is 3. The lowest BCUT2D eigenvalue weighted by Crippen LogP contribution is -2.15. The molecule has 0 aliphatic heterocycles. The number of hydrogen-bond acceptors (Lipinski definition) is 4. The van der Waals surface area contributed by atoms with E-state index in [1.54, 1.807) is 11.0 Å². The maximum absolute atomic E-state index is 8.50. The summed E-state index contributed by atoms with van der Waals surface area (Å²) in [5, 5.41) is 15.4. The van der Waals surface area contributed by atoms with Crippen LogP contribution < -0.4 is 5.73 Å². The molecule has 6 heteroatoms. The van der Waals surface area contributed by atoms with Gasteiger partial charge in [-0.1, -0.05) is 35.0 Å². The molecule has 0 aliphatic carbocycles. The lowest BCUT2D eigenvalue weighted by Gasteiger charge is -2.01. The number of benzene rings is 1. The molecule has 0 aliphatic rings. The predicted molar refractivity (Wildman–Crippen MR) is 62.8 cm³/mol. The van der Waals surface area contributed by atoms with Crippen LogP contribution in [0.15, 0.2) is 35.7 Å². The van der Waals surface area contributed by atoms with Crippen LogP contribution in [0.25, 0.3) is 0 Å². The van der Waals surface area contributed by atoms with E-state index in [0.717, 1.165) is 5.56 Å². The van der Waals surface area contributed by atoms with Crippen molar-refractivity contribution < 1.29 is 5.21 Å². The molecule has 1 heterocycles. The highest BCUT2D eigenvalue weighted by molar-refractivity contribution is 5.93. The quantitative estimate of drug-likeness (QED) is 0.352. The Morgan fingerprint density at radius 2 is 2.35 bits per heavy atom. The van der Waals surface area contributed by atoms with Crippen molar-refractivity contribution in [1.82, 2.24) is 14.8 Å². The Morgan fingerprint density at radius 1 is 1.53 bits per heavy atom. The van der Waals surface area contributed by atoms with E-state index >= 15 is 0 Å². The fraction of sp³-hybridized carbons (Fsp3) is 0.182. The minimum absolute atomic E-state index is 0.0898. The number of hydrogen-bond donors (Lipinski definition) is 2. The maximum Gasteiger partial charge on any atom is 0.219 e. The Morgan fingerprint density at radius 3 is 3.06 bits per heavy atom. The average molecular weight is 231 g/mol. The molecule has 0 bridgehead atoms. The molecule has 0 atom stereocenters. The van der Waals surface area contributed by atoms with Gasteiger partial charge in [-0.3, -0.25) is 0 Å². The van der Waals surface area contributed by atoms with Gasteiger partial charge in [-0.2, -0.15) is 0 Å². The highest BCUT2D eigenvalue weighted by Crippen LogP contribution is 2.05. The van der Waals surface area contributed by atoms with Crippen molar-refractivity contribution in [2.75, 3.05) is 0 Å². The van der Waals surface area contributed by atoms with Crippen molar-refractivity contribution in [1.29, 1.82) is 0 Å². The average Bonchev–Trinajstić information content (AvgIpc) is 2.76. The zero-order chi connectivity index (χ0) is 12.3. The van der Waals surface area contributed by atoms with Crippen molar-refractivity contribution in [2.24, 2.45) is 10.9 Å². The molecule has 88 valence electrons. The highest BCUT2D eigenvalue weighted by Gasteiger charge is 2.05. The Labute approximate surface area is 98.4 Å². The predicted octanol–water partition coefficient (Wildman–Crippen LogP) is 0.729. The van der Waals surface area contributed by atoms with E-state index < -0.39 is 0 Å². The first-order valence-electron chi connectivity index (χ1n) is 5.12. The summed E-state index contributed by atoms with van der Waals surface area (Å²) in [7, 11) is 0. The molecule has 0 radical (unpaired) electrons. The van der Waals surface area contributed by atoms with Crippen LogP contribution in [0.3, 0.4) is 0 Å². The summed E-state index contributed by atoms with van der Waals surface area (Å²) in [6, 6.07) is 8.11. The van der Waals surface area contributed by atoms with Crippen LogP contribution in [0, 0.1) is 6.92 Å². The van der Waals surface area contributed by atoms with Crippen molar-refractivity contribution in [3.8, 4) is 0 Å².